The number of hydrogen-bond donors (Lipinski definition) is 0. The largest absolute Gasteiger partial charge is 0.445 e. The molecule has 1 aliphatic heterocycles. The molecule has 5 nitrogen and oxygen atoms in total. The van der Waals surface area contributed by atoms with Crippen LogP contribution in [0.5, 0.6) is 0 Å². The highest BCUT2D eigenvalue weighted by atomic mass is 16.6. The molecule has 1 fully saturated rings. The van der Waals surface area contributed by atoms with Gasteiger partial charge < -0.3 is 14.2 Å². The Morgan fingerprint density at radius 3 is 2.55 bits per heavy atom. The predicted octanol–water partition coefficient (Wildman–Crippen LogP) is 5.35. The second kappa shape index (κ2) is 8.52. The molecule has 0 N–H and O–H groups in total. The number of ether oxygens (including phenoxy) is 1. The van der Waals surface area contributed by atoms with Crippen LogP contribution in [0.3, 0.4) is 0 Å². The Bertz CT molecular complexity index is 961. The highest BCUT2D eigenvalue weighted by Gasteiger charge is 2.31. The highest BCUT2D eigenvalue weighted by Crippen LogP contribution is 2.35. The fraction of sp³-hybridized carbons (Fsp3) is 0.333. The molecule has 150 valence electrons. The van der Waals surface area contributed by atoms with Crippen LogP contribution >= 0.6 is 0 Å². The number of benzene rings is 1. The van der Waals surface area contributed by atoms with Crippen molar-refractivity contribution in [2.75, 3.05) is 6.54 Å². The van der Waals surface area contributed by atoms with Crippen LogP contribution in [0.4, 0.5) is 4.79 Å². The first-order chi connectivity index (χ1) is 14.1. The maximum atomic E-state index is 13.0. The van der Waals surface area contributed by atoms with Crippen LogP contribution in [0.1, 0.15) is 47.8 Å². The van der Waals surface area contributed by atoms with Gasteiger partial charge in [0.05, 0.1) is 6.04 Å². The van der Waals surface area contributed by atoms with E-state index in [1.807, 2.05) is 47.5 Å². The Balaban J connectivity index is 1.61. The molecule has 0 aliphatic carbocycles. The van der Waals surface area contributed by atoms with Crippen molar-refractivity contribution in [2.45, 2.75) is 45.8 Å². The number of piperidine rings is 1. The van der Waals surface area contributed by atoms with Crippen LogP contribution in [0, 0.1) is 13.8 Å². The molecular formula is C24H27N3O2. The molecule has 2 aromatic heterocycles. The van der Waals surface area contributed by atoms with Crippen molar-refractivity contribution in [1.82, 2.24) is 14.5 Å². The van der Waals surface area contributed by atoms with E-state index in [0.29, 0.717) is 13.2 Å². The minimum Gasteiger partial charge on any atom is -0.445 e. The second-order valence-electron chi connectivity index (χ2n) is 7.61. The molecule has 1 unspecified atom stereocenters. The summed E-state index contributed by atoms with van der Waals surface area (Å²) in [6.07, 6.45) is 4.56. The molecule has 1 aliphatic rings. The Morgan fingerprint density at radius 2 is 1.79 bits per heavy atom. The summed E-state index contributed by atoms with van der Waals surface area (Å²) < 4.78 is 7.82. The van der Waals surface area contributed by atoms with Gasteiger partial charge >= 0.3 is 6.09 Å². The summed E-state index contributed by atoms with van der Waals surface area (Å²) in [5.41, 5.74) is 4.34. The number of aryl methyl sites for hydroxylation is 2. The fourth-order valence-electron chi connectivity index (χ4n) is 4.13. The highest BCUT2D eigenvalue weighted by molar-refractivity contribution is 5.69. The van der Waals surface area contributed by atoms with E-state index in [0.717, 1.165) is 47.6 Å². The zero-order valence-corrected chi connectivity index (χ0v) is 17.0. The third kappa shape index (κ3) is 4.04. The van der Waals surface area contributed by atoms with Crippen molar-refractivity contribution < 1.29 is 9.53 Å². The lowest BCUT2D eigenvalue weighted by molar-refractivity contribution is 0.0678. The number of carbonyl (C=O) groups is 1. The smallest absolute Gasteiger partial charge is 0.410 e. The molecule has 1 aromatic carbocycles. The molecule has 5 heteroatoms. The minimum atomic E-state index is -0.255. The third-order valence-electron chi connectivity index (χ3n) is 5.60. The van der Waals surface area contributed by atoms with Crippen molar-refractivity contribution in [3.63, 3.8) is 0 Å². The zero-order valence-electron chi connectivity index (χ0n) is 17.0. The molecule has 0 saturated carbocycles. The maximum absolute atomic E-state index is 13.0. The average molecular weight is 389 g/mol. The summed E-state index contributed by atoms with van der Waals surface area (Å²) >= 11 is 0. The van der Waals surface area contributed by atoms with Crippen LogP contribution < -0.4 is 0 Å². The Labute approximate surface area is 171 Å². The van der Waals surface area contributed by atoms with Gasteiger partial charge in [-0.05, 0) is 56.9 Å². The quantitative estimate of drug-likeness (QED) is 0.604. The van der Waals surface area contributed by atoms with Gasteiger partial charge in [-0.1, -0.05) is 36.4 Å². The summed E-state index contributed by atoms with van der Waals surface area (Å²) in [6.45, 7) is 5.16. The van der Waals surface area contributed by atoms with Crippen molar-refractivity contribution in [1.29, 1.82) is 0 Å². The molecule has 0 radical (unpaired) electrons. The molecule has 1 atom stereocenters. The number of hydrogen-bond acceptors (Lipinski definition) is 3. The van der Waals surface area contributed by atoms with E-state index < -0.39 is 0 Å². The van der Waals surface area contributed by atoms with E-state index in [-0.39, 0.29) is 12.1 Å². The lowest BCUT2D eigenvalue weighted by atomic mass is 9.96. The molecule has 1 saturated heterocycles. The van der Waals surface area contributed by atoms with Gasteiger partial charge in [-0.15, -0.1) is 0 Å². The van der Waals surface area contributed by atoms with Crippen molar-refractivity contribution in [2.24, 2.45) is 0 Å². The van der Waals surface area contributed by atoms with Crippen LogP contribution in [0.25, 0.3) is 5.82 Å². The van der Waals surface area contributed by atoms with Crippen molar-refractivity contribution in [3.05, 3.63) is 83.3 Å². The standard InChI is InChI=1S/C24H27N3O2/c1-18-13-14-19(2)27(18)23-21(11-8-15-25-23)22-12-6-7-16-26(22)24(28)29-17-20-9-4-3-5-10-20/h3-5,8-11,13-15,22H,6-7,12,16-17H2,1-2H3. The Morgan fingerprint density at radius 1 is 1.03 bits per heavy atom. The number of pyridine rings is 1. The molecule has 1 amide bonds. The lowest BCUT2D eigenvalue weighted by Crippen LogP contribution is -2.39. The predicted molar refractivity (Wildman–Crippen MR) is 113 cm³/mol. The first-order valence-corrected chi connectivity index (χ1v) is 10.2. The van der Waals surface area contributed by atoms with Crippen LogP contribution in [-0.2, 0) is 11.3 Å². The number of carbonyl (C=O) groups excluding carboxylic acids is 1. The van der Waals surface area contributed by atoms with Gasteiger partial charge in [0.1, 0.15) is 12.4 Å². The number of likely N-dealkylation sites (tertiary alicyclic amines) is 1. The molecule has 0 bridgehead atoms. The van der Waals surface area contributed by atoms with E-state index >= 15 is 0 Å². The molecule has 4 rings (SSSR count). The maximum Gasteiger partial charge on any atom is 0.410 e. The molecule has 0 spiro atoms. The molecular weight excluding hydrogens is 362 g/mol. The van der Waals surface area contributed by atoms with E-state index in [4.69, 9.17) is 4.74 Å². The monoisotopic (exact) mass is 389 g/mol. The van der Waals surface area contributed by atoms with Gasteiger partial charge in [0.15, 0.2) is 0 Å². The van der Waals surface area contributed by atoms with Crippen LogP contribution in [0.15, 0.2) is 60.8 Å². The summed E-state index contributed by atoms with van der Waals surface area (Å²) in [7, 11) is 0. The van der Waals surface area contributed by atoms with E-state index in [1.165, 1.54) is 0 Å². The van der Waals surface area contributed by atoms with Gasteiger partial charge in [0.25, 0.3) is 0 Å². The van der Waals surface area contributed by atoms with Gasteiger partial charge in [-0.25, -0.2) is 9.78 Å². The van der Waals surface area contributed by atoms with Crippen LogP contribution in [-0.4, -0.2) is 27.1 Å². The Kier molecular flexibility index (Phi) is 5.65. The van der Waals surface area contributed by atoms with Crippen LogP contribution in [0.2, 0.25) is 0 Å². The van der Waals surface area contributed by atoms with Gasteiger partial charge in [0.2, 0.25) is 0 Å². The van der Waals surface area contributed by atoms with Gasteiger partial charge in [0, 0.05) is 29.7 Å². The second-order valence-corrected chi connectivity index (χ2v) is 7.61. The van der Waals surface area contributed by atoms with Crippen molar-refractivity contribution in [3.8, 4) is 5.82 Å². The zero-order chi connectivity index (χ0) is 20.2. The summed E-state index contributed by atoms with van der Waals surface area (Å²) in [5.74, 6) is 0.903. The number of rotatable bonds is 4. The Hall–Kier alpha value is -3.08. The number of amides is 1. The normalized spacial score (nSPS) is 16.6. The minimum absolute atomic E-state index is 0.0306. The SMILES string of the molecule is Cc1ccc(C)n1-c1ncccc1C1CCCCN1C(=O)OCc1ccccc1. The van der Waals surface area contributed by atoms with Crippen molar-refractivity contribution >= 4 is 6.09 Å². The third-order valence-corrected chi connectivity index (χ3v) is 5.60. The summed E-state index contributed by atoms with van der Waals surface area (Å²) in [5, 5.41) is 0. The first-order valence-electron chi connectivity index (χ1n) is 10.2. The number of aromatic nitrogens is 2. The van der Waals surface area contributed by atoms with E-state index in [2.05, 4.69) is 41.6 Å². The number of nitrogens with zero attached hydrogens (tertiary/aromatic N) is 3. The molecule has 3 aromatic rings. The summed E-state index contributed by atoms with van der Waals surface area (Å²) in [6, 6.07) is 18.0. The topological polar surface area (TPSA) is 47.4 Å². The van der Waals surface area contributed by atoms with Gasteiger partial charge in [-0.3, -0.25) is 0 Å². The first kappa shape index (κ1) is 19.2. The van der Waals surface area contributed by atoms with E-state index in [1.54, 1.807) is 0 Å². The summed E-state index contributed by atoms with van der Waals surface area (Å²) in [4.78, 5) is 19.5. The van der Waals surface area contributed by atoms with E-state index in [9.17, 15) is 4.79 Å². The van der Waals surface area contributed by atoms with Gasteiger partial charge in [-0.2, -0.15) is 0 Å². The fourth-order valence-corrected chi connectivity index (χ4v) is 4.13. The average Bonchev–Trinajstić information content (AvgIpc) is 3.10. The lowest BCUT2D eigenvalue weighted by Gasteiger charge is -2.36. The molecule has 29 heavy (non-hydrogen) atoms. The molecule has 3 heterocycles.